The van der Waals surface area contributed by atoms with Crippen LogP contribution >= 0.6 is 0 Å². The van der Waals surface area contributed by atoms with Gasteiger partial charge in [-0.05, 0) is 37.5 Å². The summed E-state index contributed by atoms with van der Waals surface area (Å²) in [5.41, 5.74) is 6.47. The van der Waals surface area contributed by atoms with E-state index in [0.717, 1.165) is 18.6 Å². The molecule has 3 N–H and O–H groups in total. The fourth-order valence-corrected chi connectivity index (χ4v) is 1.58. The van der Waals surface area contributed by atoms with Crippen molar-refractivity contribution in [1.29, 1.82) is 0 Å². The van der Waals surface area contributed by atoms with Crippen molar-refractivity contribution in [2.75, 3.05) is 13.7 Å². The maximum absolute atomic E-state index is 11.1. The zero-order chi connectivity index (χ0) is 12.7. The van der Waals surface area contributed by atoms with Crippen LogP contribution in [0.3, 0.4) is 0 Å². The lowest BCUT2D eigenvalue weighted by molar-refractivity contribution is -0.120. The van der Waals surface area contributed by atoms with Crippen molar-refractivity contribution in [1.82, 2.24) is 5.32 Å². The molecule has 0 spiro atoms. The first-order valence-corrected chi connectivity index (χ1v) is 5.78. The molecular formula is C13H20N2O2. The van der Waals surface area contributed by atoms with Gasteiger partial charge in [0.1, 0.15) is 5.75 Å². The molecular weight excluding hydrogens is 216 g/mol. The summed E-state index contributed by atoms with van der Waals surface area (Å²) in [5, 5.41) is 2.83. The zero-order valence-electron chi connectivity index (χ0n) is 10.4. The second-order valence-electron chi connectivity index (χ2n) is 4.06. The van der Waals surface area contributed by atoms with E-state index in [1.165, 1.54) is 5.56 Å². The largest absolute Gasteiger partial charge is 0.497 e. The standard InChI is InChI=1S/C13H20N2O2/c1-10(15-13(16)9-14)3-4-11-5-7-12(17-2)8-6-11/h5-8,10H,3-4,9,14H2,1-2H3,(H,15,16). The average molecular weight is 236 g/mol. The number of hydrogen-bond donors (Lipinski definition) is 2. The molecule has 0 aliphatic carbocycles. The topological polar surface area (TPSA) is 64.3 Å². The highest BCUT2D eigenvalue weighted by Gasteiger charge is 2.05. The predicted molar refractivity (Wildman–Crippen MR) is 68.0 cm³/mol. The first-order valence-electron chi connectivity index (χ1n) is 5.78. The molecule has 1 unspecified atom stereocenters. The first-order chi connectivity index (χ1) is 8.15. The second kappa shape index (κ2) is 6.91. The molecule has 1 rings (SSSR count). The first kappa shape index (κ1) is 13.5. The van der Waals surface area contributed by atoms with Gasteiger partial charge in [0.2, 0.25) is 5.91 Å². The number of carbonyl (C=O) groups is 1. The smallest absolute Gasteiger partial charge is 0.233 e. The second-order valence-corrected chi connectivity index (χ2v) is 4.06. The Balaban J connectivity index is 2.36. The SMILES string of the molecule is COc1ccc(CCC(C)NC(=O)CN)cc1. The third-order valence-electron chi connectivity index (χ3n) is 2.62. The Hall–Kier alpha value is -1.55. The molecule has 1 amide bonds. The van der Waals surface area contributed by atoms with E-state index >= 15 is 0 Å². The highest BCUT2D eigenvalue weighted by atomic mass is 16.5. The van der Waals surface area contributed by atoms with E-state index in [0.29, 0.717) is 0 Å². The van der Waals surface area contributed by atoms with Gasteiger partial charge in [0.15, 0.2) is 0 Å². The molecule has 0 aromatic heterocycles. The van der Waals surface area contributed by atoms with Crippen molar-refractivity contribution in [3.63, 3.8) is 0 Å². The number of ether oxygens (including phenoxy) is 1. The van der Waals surface area contributed by atoms with Crippen molar-refractivity contribution in [2.24, 2.45) is 5.73 Å². The summed E-state index contributed by atoms with van der Waals surface area (Å²) in [7, 11) is 1.65. The minimum Gasteiger partial charge on any atom is -0.497 e. The Morgan fingerprint density at radius 1 is 1.41 bits per heavy atom. The highest BCUT2D eigenvalue weighted by Crippen LogP contribution is 2.13. The van der Waals surface area contributed by atoms with Crippen molar-refractivity contribution in [2.45, 2.75) is 25.8 Å². The normalized spacial score (nSPS) is 11.9. The van der Waals surface area contributed by atoms with Gasteiger partial charge in [-0.3, -0.25) is 4.79 Å². The van der Waals surface area contributed by atoms with Gasteiger partial charge in [-0.15, -0.1) is 0 Å². The Morgan fingerprint density at radius 2 is 2.06 bits per heavy atom. The number of carbonyl (C=O) groups excluding carboxylic acids is 1. The van der Waals surface area contributed by atoms with E-state index in [1.54, 1.807) is 7.11 Å². The van der Waals surface area contributed by atoms with E-state index in [-0.39, 0.29) is 18.5 Å². The summed E-state index contributed by atoms with van der Waals surface area (Å²) in [6, 6.07) is 8.11. The Labute approximate surface area is 102 Å². The van der Waals surface area contributed by atoms with Gasteiger partial charge in [-0.1, -0.05) is 12.1 Å². The van der Waals surface area contributed by atoms with Crippen LogP contribution in [-0.2, 0) is 11.2 Å². The fourth-order valence-electron chi connectivity index (χ4n) is 1.58. The van der Waals surface area contributed by atoms with Crippen molar-refractivity contribution < 1.29 is 9.53 Å². The monoisotopic (exact) mass is 236 g/mol. The van der Waals surface area contributed by atoms with E-state index < -0.39 is 0 Å². The minimum atomic E-state index is -0.104. The van der Waals surface area contributed by atoms with Crippen molar-refractivity contribution in [3.8, 4) is 5.75 Å². The number of hydrogen-bond acceptors (Lipinski definition) is 3. The van der Waals surface area contributed by atoms with Gasteiger partial charge in [-0.2, -0.15) is 0 Å². The molecule has 0 aliphatic rings. The molecule has 0 heterocycles. The Bertz CT molecular complexity index is 349. The summed E-state index contributed by atoms with van der Waals surface area (Å²) in [5.74, 6) is 0.755. The number of amides is 1. The molecule has 4 nitrogen and oxygen atoms in total. The maximum atomic E-state index is 11.1. The lowest BCUT2D eigenvalue weighted by Gasteiger charge is -2.13. The van der Waals surface area contributed by atoms with Crippen molar-refractivity contribution >= 4 is 5.91 Å². The van der Waals surface area contributed by atoms with Crippen LogP contribution in [0.5, 0.6) is 5.75 Å². The summed E-state index contributed by atoms with van der Waals surface area (Å²) < 4.78 is 5.09. The zero-order valence-corrected chi connectivity index (χ0v) is 10.4. The molecule has 0 bridgehead atoms. The third kappa shape index (κ3) is 4.87. The van der Waals surface area contributed by atoms with Crippen LogP contribution in [0.15, 0.2) is 24.3 Å². The lowest BCUT2D eigenvalue weighted by Crippen LogP contribution is -2.37. The van der Waals surface area contributed by atoms with Crippen LogP contribution in [0, 0.1) is 0 Å². The molecule has 17 heavy (non-hydrogen) atoms. The van der Waals surface area contributed by atoms with Crippen molar-refractivity contribution in [3.05, 3.63) is 29.8 Å². The molecule has 0 radical (unpaired) electrons. The number of nitrogens with two attached hydrogens (primary N) is 1. The quantitative estimate of drug-likeness (QED) is 0.777. The summed E-state index contributed by atoms with van der Waals surface area (Å²) in [6.07, 6.45) is 1.83. The van der Waals surface area contributed by atoms with E-state index in [2.05, 4.69) is 5.32 Å². The lowest BCUT2D eigenvalue weighted by atomic mass is 10.1. The van der Waals surface area contributed by atoms with Crippen LogP contribution in [0.1, 0.15) is 18.9 Å². The fraction of sp³-hybridized carbons (Fsp3) is 0.462. The van der Waals surface area contributed by atoms with Crippen LogP contribution in [0.4, 0.5) is 0 Å². The molecule has 0 aliphatic heterocycles. The molecule has 4 heteroatoms. The van der Waals surface area contributed by atoms with Gasteiger partial charge < -0.3 is 15.8 Å². The van der Waals surface area contributed by atoms with E-state index in [1.807, 2.05) is 31.2 Å². The molecule has 1 atom stereocenters. The van der Waals surface area contributed by atoms with Crippen LogP contribution in [0.2, 0.25) is 0 Å². The van der Waals surface area contributed by atoms with Gasteiger partial charge in [0.25, 0.3) is 0 Å². The van der Waals surface area contributed by atoms with E-state index in [9.17, 15) is 4.79 Å². The molecule has 94 valence electrons. The molecule has 0 saturated heterocycles. The maximum Gasteiger partial charge on any atom is 0.233 e. The summed E-state index contributed by atoms with van der Waals surface area (Å²) in [4.78, 5) is 11.1. The molecule has 1 aromatic carbocycles. The van der Waals surface area contributed by atoms with Gasteiger partial charge >= 0.3 is 0 Å². The van der Waals surface area contributed by atoms with Gasteiger partial charge in [0.05, 0.1) is 13.7 Å². The number of benzene rings is 1. The molecule has 1 aromatic rings. The summed E-state index contributed by atoms with van der Waals surface area (Å²) >= 11 is 0. The van der Waals surface area contributed by atoms with Gasteiger partial charge in [0, 0.05) is 6.04 Å². The van der Waals surface area contributed by atoms with Gasteiger partial charge in [-0.25, -0.2) is 0 Å². The number of methoxy groups -OCH3 is 1. The van der Waals surface area contributed by atoms with E-state index in [4.69, 9.17) is 10.5 Å². The predicted octanol–water partition coefficient (Wildman–Crippen LogP) is 1.09. The third-order valence-corrected chi connectivity index (χ3v) is 2.62. The number of nitrogens with one attached hydrogen (secondary N) is 1. The van der Waals surface area contributed by atoms with Crippen LogP contribution in [-0.4, -0.2) is 25.6 Å². The average Bonchev–Trinajstić information content (AvgIpc) is 2.36. The summed E-state index contributed by atoms with van der Waals surface area (Å²) in [6.45, 7) is 2.03. The Morgan fingerprint density at radius 3 is 2.59 bits per heavy atom. The van der Waals surface area contributed by atoms with Crippen LogP contribution in [0.25, 0.3) is 0 Å². The number of aryl methyl sites for hydroxylation is 1. The van der Waals surface area contributed by atoms with Crippen LogP contribution < -0.4 is 15.8 Å². The number of rotatable bonds is 6. The highest BCUT2D eigenvalue weighted by molar-refractivity contribution is 5.77. The molecule has 0 saturated carbocycles. The Kier molecular flexibility index (Phi) is 5.49. The molecule has 0 fully saturated rings. The minimum absolute atomic E-state index is 0.0485.